The van der Waals surface area contributed by atoms with Gasteiger partial charge in [-0.15, -0.1) is 0 Å². The molecule has 23 heavy (non-hydrogen) atoms. The van der Waals surface area contributed by atoms with Gasteiger partial charge in [-0.2, -0.15) is 0 Å². The molecule has 0 aromatic rings. The topological polar surface area (TPSA) is 46.6 Å². The second kappa shape index (κ2) is 5.71. The molecule has 3 rings (SSSR count). The molecular formula is C18H29N2O3+. The van der Waals surface area contributed by atoms with Gasteiger partial charge in [0.1, 0.15) is 0 Å². The lowest BCUT2D eigenvalue weighted by atomic mass is 9.74. The van der Waals surface area contributed by atoms with Crippen LogP contribution in [0.1, 0.15) is 32.6 Å². The van der Waals surface area contributed by atoms with Crippen molar-refractivity contribution in [1.82, 2.24) is 4.90 Å². The molecule has 5 heteroatoms. The number of carbonyl (C=O) groups is 2. The standard InChI is InChI=1S/C18H29N2O3/c1-5-6-7-9-18-10-8-13(23-18)14-15(18)17(22)19(16(14)21)11-12-20(2,3)4/h8,10,13-15H,5-7,9,11-12H2,1-4H3/q+1. The highest BCUT2D eigenvalue weighted by atomic mass is 16.5. The zero-order valence-corrected chi connectivity index (χ0v) is 14.7. The van der Waals surface area contributed by atoms with E-state index in [2.05, 4.69) is 34.1 Å². The Hall–Kier alpha value is -1.20. The van der Waals surface area contributed by atoms with Gasteiger partial charge in [0, 0.05) is 0 Å². The number of likely N-dealkylation sites (N-methyl/N-ethyl adjacent to an activating group) is 1. The Bertz CT molecular complexity index is 537. The minimum Gasteiger partial charge on any atom is -0.362 e. The van der Waals surface area contributed by atoms with Gasteiger partial charge in [-0.3, -0.25) is 14.5 Å². The van der Waals surface area contributed by atoms with Crippen LogP contribution in [-0.4, -0.2) is 67.1 Å². The van der Waals surface area contributed by atoms with E-state index in [1.165, 1.54) is 4.90 Å². The molecule has 0 aliphatic carbocycles. The van der Waals surface area contributed by atoms with E-state index in [1.54, 1.807) is 0 Å². The monoisotopic (exact) mass is 321 g/mol. The van der Waals surface area contributed by atoms with E-state index in [9.17, 15) is 9.59 Å². The molecule has 4 atom stereocenters. The first-order chi connectivity index (χ1) is 10.8. The molecule has 3 aliphatic rings. The third kappa shape index (κ3) is 2.74. The molecule has 2 saturated heterocycles. The van der Waals surface area contributed by atoms with Crippen molar-refractivity contribution >= 4 is 11.8 Å². The molecule has 3 aliphatic heterocycles. The summed E-state index contributed by atoms with van der Waals surface area (Å²) < 4.78 is 6.87. The molecule has 0 radical (unpaired) electrons. The van der Waals surface area contributed by atoms with E-state index < -0.39 is 5.60 Å². The highest BCUT2D eigenvalue weighted by Crippen LogP contribution is 2.53. The van der Waals surface area contributed by atoms with Gasteiger partial charge in [0.15, 0.2) is 0 Å². The molecule has 4 unspecified atom stereocenters. The smallest absolute Gasteiger partial charge is 0.236 e. The average molecular weight is 321 g/mol. The summed E-state index contributed by atoms with van der Waals surface area (Å²) in [6.07, 6.45) is 8.01. The maximum absolute atomic E-state index is 12.9. The summed E-state index contributed by atoms with van der Waals surface area (Å²) in [5.41, 5.74) is -0.525. The number of imide groups is 1. The van der Waals surface area contributed by atoms with Gasteiger partial charge < -0.3 is 9.22 Å². The molecule has 5 nitrogen and oxygen atoms in total. The zero-order valence-electron chi connectivity index (χ0n) is 14.7. The van der Waals surface area contributed by atoms with Gasteiger partial charge in [0.25, 0.3) is 0 Å². The van der Waals surface area contributed by atoms with Crippen molar-refractivity contribution in [2.24, 2.45) is 11.8 Å². The molecule has 2 fully saturated rings. The Balaban J connectivity index is 1.76. The number of quaternary nitrogens is 1. The number of amides is 2. The van der Waals surface area contributed by atoms with Crippen molar-refractivity contribution in [3.8, 4) is 0 Å². The Labute approximate surface area is 138 Å². The maximum atomic E-state index is 12.9. The fourth-order valence-electron chi connectivity index (χ4n) is 4.12. The van der Waals surface area contributed by atoms with Crippen molar-refractivity contribution in [1.29, 1.82) is 0 Å². The first-order valence-electron chi connectivity index (χ1n) is 8.82. The second-order valence-corrected chi connectivity index (χ2v) is 8.20. The van der Waals surface area contributed by atoms with E-state index in [4.69, 9.17) is 4.74 Å². The summed E-state index contributed by atoms with van der Waals surface area (Å²) in [4.78, 5) is 27.2. The summed E-state index contributed by atoms with van der Waals surface area (Å²) in [5, 5.41) is 0. The quantitative estimate of drug-likeness (QED) is 0.310. The number of ether oxygens (including phenoxy) is 1. The molecule has 0 spiro atoms. The third-order valence-corrected chi connectivity index (χ3v) is 5.41. The predicted octanol–water partition coefficient (Wildman–Crippen LogP) is 1.58. The van der Waals surface area contributed by atoms with Crippen molar-refractivity contribution in [2.45, 2.75) is 44.3 Å². The highest BCUT2D eigenvalue weighted by molar-refractivity contribution is 6.07. The number of hydrogen-bond donors (Lipinski definition) is 0. The van der Waals surface area contributed by atoms with Crippen LogP contribution in [0, 0.1) is 11.8 Å². The summed E-state index contributed by atoms with van der Waals surface area (Å²) in [7, 11) is 6.23. The average Bonchev–Trinajstić information content (AvgIpc) is 3.08. The van der Waals surface area contributed by atoms with E-state index in [-0.39, 0.29) is 29.8 Å². The lowest BCUT2D eigenvalue weighted by Gasteiger charge is -2.30. The molecular weight excluding hydrogens is 292 g/mol. The Kier molecular flexibility index (Phi) is 4.13. The fraction of sp³-hybridized carbons (Fsp3) is 0.778. The third-order valence-electron chi connectivity index (χ3n) is 5.41. The Morgan fingerprint density at radius 1 is 1.22 bits per heavy atom. The molecule has 0 N–H and O–H groups in total. The van der Waals surface area contributed by atoms with E-state index >= 15 is 0 Å². The normalized spacial score (nSPS) is 35.5. The first kappa shape index (κ1) is 16.7. The highest BCUT2D eigenvalue weighted by Gasteiger charge is 2.67. The molecule has 0 aromatic heterocycles. The van der Waals surface area contributed by atoms with E-state index in [1.807, 2.05) is 6.08 Å². The van der Waals surface area contributed by atoms with Crippen LogP contribution in [-0.2, 0) is 14.3 Å². The van der Waals surface area contributed by atoms with Gasteiger partial charge in [-0.1, -0.05) is 38.3 Å². The predicted molar refractivity (Wildman–Crippen MR) is 87.5 cm³/mol. The lowest BCUT2D eigenvalue weighted by molar-refractivity contribution is -0.869. The molecule has 3 heterocycles. The number of rotatable bonds is 7. The Morgan fingerprint density at radius 3 is 2.61 bits per heavy atom. The van der Waals surface area contributed by atoms with Gasteiger partial charge in [0.2, 0.25) is 11.8 Å². The van der Waals surface area contributed by atoms with Crippen LogP contribution in [0.5, 0.6) is 0 Å². The Morgan fingerprint density at radius 2 is 1.96 bits per heavy atom. The second-order valence-electron chi connectivity index (χ2n) is 8.20. The number of unbranched alkanes of at least 4 members (excludes halogenated alkanes) is 2. The van der Waals surface area contributed by atoms with E-state index in [0.29, 0.717) is 6.54 Å². The minimum absolute atomic E-state index is 0.0169. The van der Waals surface area contributed by atoms with E-state index in [0.717, 1.165) is 36.7 Å². The molecule has 128 valence electrons. The first-order valence-corrected chi connectivity index (χ1v) is 8.82. The van der Waals surface area contributed by atoms with Crippen LogP contribution in [0.3, 0.4) is 0 Å². The van der Waals surface area contributed by atoms with Crippen LogP contribution in [0.4, 0.5) is 0 Å². The number of nitrogens with zero attached hydrogens (tertiary/aromatic N) is 2. The SMILES string of the molecule is CCCCCC12C=CC(O1)C1C(=O)N(CC[N+](C)(C)C)C(=O)C12. The van der Waals surface area contributed by atoms with Gasteiger partial charge >= 0.3 is 0 Å². The van der Waals surface area contributed by atoms with Gasteiger partial charge in [-0.05, 0) is 6.42 Å². The largest absolute Gasteiger partial charge is 0.362 e. The summed E-state index contributed by atoms with van der Waals surface area (Å²) in [6.45, 7) is 3.45. The number of likely N-dealkylation sites (tertiary alicyclic amines) is 1. The van der Waals surface area contributed by atoms with Crippen LogP contribution >= 0.6 is 0 Å². The summed E-state index contributed by atoms with van der Waals surface area (Å²) in [6, 6.07) is 0. The van der Waals surface area contributed by atoms with Gasteiger partial charge in [0.05, 0.1) is 57.8 Å². The molecule has 2 amide bonds. The molecule has 0 saturated carbocycles. The summed E-state index contributed by atoms with van der Waals surface area (Å²) >= 11 is 0. The van der Waals surface area contributed by atoms with Crippen LogP contribution in [0.2, 0.25) is 0 Å². The van der Waals surface area contributed by atoms with Crippen LogP contribution in [0.25, 0.3) is 0 Å². The van der Waals surface area contributed by atoms with Crippen LogP contribution < -0.4 is 0 Å². The van der Waals surface area contributed by atoms with Gasteiger partial charge in [-0.25, -0.2) is 0 Å². The fourth-order valence-corrected chi connectivity index (χ4v) is 4.12. The zero-order chi connectivity index (χ0) is 16.8. The summed E-state index contributed by atoms with van der Waals surface area (Å²) in [5.74, 6) is -0.632. The van der Waals surface area contributed by atoms with Crippen molar-refractivity contribution in [2.75, 3.05) is 34.2 Å². The van der Waals surface area contributed by atoms with Crippen molar-refractivity contribution < 1.29 is 18.8 Å². The maximum Gasteiger partial charge on any atom is 0.236 e. The number of carbonyl (C=O) groups excluding carboxylic acids is 2. The lowest BCUT2D eigenvalue weighted by Crippen LogP contribution is -2.46. The number of hydrogen-bond acceptors (Lipinski definition) is 3. The minimum atomic E-state index is -0.525. The molecule has 0 aromatic carbocycles. The van der Waals surface area contributed by atoms with Crippen molar-refractivity contribution in [3.05, 3.63) is 12.2 Å². The van der Waals surface area contributed by atoms with Crippen LogP contribution in [0.15, 0.2) is 12.2 Å². The van der Waals surface area contributed by atoms with Crippen molar-refractivity contribution in [3.63, 3.8) is 0 Å². The molecule has 2 bridgehead atoms. The number of fused-ring (bicyclic) bond motifs is 5.